The lowest BCUT2D eigenvalue weighted by atomic mass is 10.1. The summed E-state index contributed by atoms with van der Waals surface area (Å²) in [6.45, 7) is 3.94. The van der Waals surface area contributed by atoms with E-state index < -0.39 is 0 Å². The molecule has 1 aliphatic heterocycles. The highest BCUT2D eigenvalue weighted by atomic mass is 16.7. The van der Waals surface area contributed by atoms with Crippen LogP contribution < -0.4 is 14.2 Å². The topological polar surface area (TPSA) is 70.1 Å². The Bertz CT molecular complexity index is 765. The van der Waals surface area contributed by atoms with Crippen LogP contribution in [0.3, 0.4) is 0 Å². The zero-order valence-electron chi connectivity index (χ0n) is 14.9. The van der Waals surface area contributed by atoms with Crippen LogP contribution in [0.15, 0.2) is 36.5 Å². The average molecular weight is 358 g/mol. The van der Waals surface area contributed by atoms with Gasteiger partial charge in [-0.25, -0.2) is 4.98 Å². The number of rotatable bonds is 8. The third-order valence-electron chi connectivity index (χ3n) is 4.01. The Labute approximate surface area is 152 Å². The van der Waals surface area contributed by atoms with Crippen molar-refractivity contribution in [2.45, 2.75) is 13.5 Å². The van der Waals surface area contributed by atoms with Crippen molar-refractivity contribution < 1.29 is 23.7 Å². The van der Waals surface area contributed by atoms with Crippen molar-refractivity contribution in [2.75, 3.05) is 33.7 Å². The summed E-state index contributed by atoms with van der Waals surface area (Å²) in [5, 5.41) is 0. The predicted octanol–water partition coefficient (Wildman–Crippen LogP) is 2.50. The Morgan fingerprint density at radius 1 is 1.23 bits per heavy atom. The molecule has 138 valence electrons. The first kappa shape index (κ1) is 18.0. The van der Waals surface area contributed by atoms with Gasteiger partial charge in [0.2, 0.25) is 12.7 Å². The van der Waals surface area contributed by atoms with Gasteiger partial charge in [-0.1, -0.05) is 6.07 Å². The molecule has 1 aromatic carbocycles. The summed E-state index contributed by atoms with van der Waals surface area (Å²) in [5.41, 5.74) is 1.40. The highest BCUT2D eigenvalue weighted by Gasteiger charge is 2.21. The Balaban J connectivity index is 1.75. The molecule has 3 rings (SSSR count). The number of fused-ring (bicyclic) bond motifs is 1. The van der Waals surface area contributed by atoms with E-state index in [-0.39, 0.29) is 12.7 Å². The van der Waals surface area contributed by atoms with E-state index >= 15 is 0 Å². The van der Waals surface area contributed by atoms with Crippen LogP contribution in [0.5, 0.6) is 17.4 Å². The molecule has 2 aromatic rings. The molecule has 0 saturated carbocycles. The van der Waals surface area contributed by atoms with E-state index in [0.717, 1.165) is 11.3 Å². The molecule has 7 heteroatoms. The molecular weight excluding hydrogens is 336 g/mol. The fourth-order valence-corrected chi connectivity index (χ4v) is 2.65. The lowest BCUT2D eigenvalue weighted by Gasteiger charge is -2.22. The number of methoxy groups -OCH3 is 1. The van der Waals surface area contributed by atoms with Gasteiger partial charge in [0.05, 0.1) is 6.61 Å². The maximum Gasteiger partial charge on any atom is 0.259 e. The number of carbonyl (C=O) groups is 1. The predicted molar refractivity (Wildman–Crippen MR) is 94.6 cm³/mol. The molecular formula is C19H22N2O5. The summed E-state index contributed by atoms with van der Waals surface area (Å²) in [6, 6.07) is 9.14. The average Bonchev–Trinajstić information content (AvgIpc) is 3.14. The molecule has 1 amide bonds. The summed E-state index contributed by atoms with van der Waals surface area (Å²) >= 11 is 0. The fraction of sp³-hybridized carbons (Fsp3) is 0.368. The molecule has 0 fully saturated rings. The molecule has 0 aliphatic carbocycles. The van der Waals surface area contributed by atoms with Gasteiger partial charge < -0.3 is 23.8 Å². The van der Waals surface area contributed by atoms with E-state index in [1.54, 1.807) is 30.3 Å². The van der Waals surface area contributed by atoms with Crippen LogP contribution in [0.4, 0.5) is 0 Å². The van der Waals surface area contributed by atoms with Crippen molar-refractivity contribution >= 4 is 5.91 Å². The number of hydrogen-bond acceptors (Lipinski definition) is 6. The lowest BCUT2D eigenvalue weighted by molar-refractivity contribution is 0.0743. The second-order valence-electron chi connectivity index (χ2n) is 5.70. The Morgan fingerprint density at radius 2 is 2.08 bits per heavy atom. The number of nitrogens with zero attached hydrogens (tertiary/aromatic N) is 2. The van der Waals surface area contributed by atoms with Crippen molar-refractivity contribution in [3.8, 4) is 17.4 Å². The molecule has 2 heterocycles. The zero-order chi connectivity index (χ0) is 18.4. The van der Waals surface area contributed by atoms with Crippen LogP contribution in [-0.2, 0) is 11.3 Å². The van der Waals surface area contributed by atoms with Gasteiger partial charge in [-0.15, -0.1) is 0 Å². The molecule has 0 radical (unpaired) electrons. The first-order chi connectivity index (χ1) is 12.7. The van der Waals surface area contributed by atoms with Crippen LogP contribution in [0.1, 0.15) is 22.8 Å². The first-order valence-electron chi connectivity index (χ1n) is 8.47. The van der Waals surface area contributed by atoms with Gasteiger partial charge in [0, 0.05) is 26.4 Å². The largest absolute Gasteiger partial charge is 0.475 e. The molecule has 0 bridgehead atoms. The number of hydrogen-bond donors (Lipinski definition) is 0. The minimum atomic E-state index is -0.134. The molecule has 26 heavy (non-hydrogen) atoms. The standard InChI is InChI=1S/C19H22N2O5/c1-3-21(12-14-6-7-16-17(11-14)26-13-25-16)19(22)15-5-4-8-20-18(15)24-10-9-23-2/h4-8,11H,3,9-10,12-13H2,1-2H3. The Hall–Kier alpha value is -2.80. The van der Waals surface area contributed by atoms with Crippen molar-refractivity contribution in [3.63, 3.8) is 0 Å². The monoisotopic (exact) mass is 358 g/mol. The summed E-state index contributed by atoms with van der Waals surface area (Å²) < 4.78 is 21.3. The normalized spacial score (nSPS) is 12.1. The second-order valence-corrected chi connectivity index (χ2v) is 5.70. The van der Waals surface area contributed by atoms with E-state index in [1.165, 1.54) is 0 Å². The Kier molecular flexibility index (Phi) is 5.91. The molecule has 0 spiro atoms. The third kappa shape index (κ3) is 4.05. The highest BCUT2D eigenvalue weighted by molar-refractivity contribution is 5.96. The SMILES string of the molecule is CCN(Cc1ccc2c(c1)OCO2)C(=O)c1cccnc1OCCOC. The maximum atomic E-state index is 13.0. The summed E-state index contributed by atoms with van der Waals surface area (Å²) in [7, 11) is 1.60. The second kappa shape index (κ2) is 8.53. The Morgan fingerprint density at radius 3 is 2.88 bits per heavy atom. The molecule has 7 nitrogen and oxygen atoms in total. The fourth-order valence-electron chi connectivity index (χ4n) is 2.65. The number of carbonyl (C=O) groups excluding carboxylic acids is 1. The maximum absolute atomic E-state index is 13.0. The van der Waals surface area contributed by atoms with Gasteiger partial charge in [-0.3, -0.25) is 4.79 Å². The van der Waals surface area contributed by atoms with Crippen LogP contribution in [0.2, 0.25) is 0 Å². The highest BCUT2D eigenvalue weighted by Crippen LogP contribution is 2.33. The molecule has 0 N–H and O–H groups in total. The van der Waals surface area contributed by atoms with Crippen molar-refractivity contribution in [3.05, 3.63) is 47.7 Å². The van der Waals surface area contributed by atoms with Crippen molar-refractivity contribution in [1.82, 2.24) is 9.88 Å². The number of amides is 1. The van der Waals surface area contributed by atoms with Crippen LogP contribution >= 0.6 is 0 Å². The van der Waals surface area contributed by atoms with Gasteiger partial charge in [0.25, 0.3) is 5.91 Å². The quantitative estimate of drug-likeness (QED) is 0.675. The number of benzene rings is 1. The van der Waals surface area contributed by atoms with Gasteiger partial charge in [0.1, 0.15) is 12.2 Å². The molecule has 0 atom stereocenters. The van der Waals surface area contributed by atoms with E-state index in [4.69, 9.17) is 18.9 Å². The van der Waals surface area contributed by atoms with E-state index in [9.17, 15) is 4.79 Å². The van der Waals surface area contributed by atoms with Gasteiger partial charge in [0.15, 0.2) is 11.5 Å². The van der Waals surface area contributed by atoms with Gasteiger partial charge in [-0.05, 0) is 36.8 Å². The van der Waals surface area contributed by atoms with Crippen LogP contribution in [0, 0.1) is 0 Å². The zero-order valence-corrected chi connectivity index (χ0v) is 14.9. The van der Waals surface area contributed by atoms with Gasteiger partial charge >= 0.3 is 0 Å². The molecule has 1 aliphatic rings. The molecule has 0 unspecified atom stereocenters. The van der Waals surface area contributed by atoms with Crippen molar-refractivity contribution in [1.29, 1.82) is 0 Å². The minimum absolute atomic E-state index is 0.134. The van der Waals surface area contributed by atoms with Crippen molar-refractivity contribution in [2.24, 2.45) is 0 Å². The molecule has 0 saturated heterocycles. The van der Waals surface area contributed by atoms with E-state index in [2.05, 4.69) is 4.98 Å². The molecule has 1 aromatic heterocycles. The third-order valence-corrected chi connectivity index (χ3v) is 4.01. The first-order valence-corrected chi connectivity index (χ1v) is 8.47. The summed E-state index contributed by atoms with van der Waals surface area (Å²) in [6.07, 6.45) is 1.60. The van der Waals surface area contributed by atoms with Crippen LogP contribution in [-0.4, -0.2) is 49.5 Å². The number of aromatic nitrogens is 1. The smallest absolute Gasteiger partial charge is 0.259 e. The van der Waals surface area contributed by atoms with Gasteiger partial charge in [-0.2, -0.15) is 0 Å². The summed E-state index contributed by atoms with van der Waals surface area (Å²) in [5.74, 6) is 1.62. The summed E-state index contributed by atoms with van der Waals surface area (Å²) in [4.78, 5) is 18.9. The van der Waals surface area contributed by atoms with E-state index in [1.807, 2.05) is 25.1 Å². The van der Waals surface area contributed by atoms with Crippen LogP contribution in [0.25, 0.3) is 0 Å². The lowest BCUT2D eigenvalue weighted by Crippen LogP contribution is -2.31. The number of pyridine rings is 1. The number of ether oxygens (including phenoxy) is 4. The minimum Gasteiger partial charge on any atom is -0.475 e. The van der Waals surface area contributed by atoms with E-state index in [0.29, 0.717) is 43.5 Å².